The molecule has 1 aliphatic heterocycles. The first-order chi connectivity index (χ1) is 11.8. The number of nitrogens with zero attached hydrogens (tertiary/aromatic N) is 4. The zero-order chi connectivity index (χ0) is 18.6. The van der Waals surface area contributed by atoms with Gasteiger partial charge in [0, 0.05) is 44.3 Å². The standard InChI is InChI=1S/C19H27ClN4O/c1-15(16-7-5-6-8-17(16)20)24-11-9-23(10-12-24)13-18(25)22(4)19(2,3)14-21/h5-8,15H,9-13H2,1-4H3. The van der Waals surface area contributed by atoms with Crippen molar-refractivity contribution in [2.45, 2.75) is 32.4 Å². The van der Waals surface area contributed by atoms with Gasteiger partial charge in [0.1, 0.15) is 5.54 Å². The van der Waals surface area contributed by atoms with Gasteiger partial charge < -0.3 is 4.90 Å². The van der Waals surface area contributed by atoms with Crippen molar-refractivity contribution < 1.29 is 4.79 Å². The summed E-state index contributed by atoms with van der Waals surface area (Å²) in [5.74, 6) is -0.0147. The molecule has 0 bridgehead atoms. The van der Waals surface area contributed by atoms with Crippen LogP contribution in [0.25, 0.3) is 0 Å². The first-order valence-electron chi connectivity index (χ1n) is 8.65. The van der Waals surface area contributed by atoms with Gasteiger partial charge in [-0.3, -0.25) is 14.6 Å². The van der Waals surface area contributed by atoms with Crippen molar-refractivity contribution in [3.05, 3.63) is 34.9 Å². The summed E-state index contributed by atoms with van der Waals surface area (Å²) in [6.45, 7) is 9.50. The second-order valence-corrected chi connectivity index (χ2v) is 7.54. The van der Waals surface area contributed by atoms with Crippen LogP contribution in [-0.4, -0.2) is 65.9 Å². The highest BCUT2D eigenvalue weighted by molar-refractivity contribution is 6.31. The van der Waals surface area contributed by atoms with Gasteiger partial charge in [-0.15, -0.1) is 0 Å². The summed E-state index contributed by atoms with van der Waals surface area (Å²) >= 11 is 6.31. The molecule has 0 aliphatic carbocycles. The molecule has 1 saturated heterocycles. The second-order valence-electron chi connectivity index (χ2n) is 7.13. The Morgan fingerprint density at radius 2 is 1.92 bits per heavy atom. The van der Waals surface area contributed by atoms with Gasteiger partial charge in [0.05, 0.1) is 12.6 Å². The highest BCUT2D eigenvalue weighted by atomic mass is 35.5. The van der Waals surface area contributed by atoms with Crippen LogP contribution < -0.4 is 0 Å². The van der Waals surface area contributed by atoms with Crippen LogP contribution in [0.4, 0.5) is 0 Å². The smallest absolute Gasteiger partial charge is 0.237 e. The number of hydrogen-bond donors (Lipinski definition) is 0. The second kappa shape index (κ2) is 8.18. The monoisotopic (exact) mass is 362 g/mol. The predicted octanol–water partition coefficient (Wildman–Crippen LogP) is 2.78. The minimum absolute atomic E-state index is 0.0147. The number of likely N-dealkylation sites (N-methyl/N-ethyl adjacent to an activating group) is 1. The van der Waals surface area contributed by atoms with Crippen molar-refractivity contribution in [2.75, 3.05) is 39.8 Å². The lowest BCUT2D eigenvalue weighted by molar-refractivity contribution is -0.134. The van der Waals surface area contributed by atoms with E-state index in [9.17, 15) is 10.1 Å². The highest BCUT2D eigenvalue weighted by Gasteiger charge is 2.30. The average molecular weight is 363 g/mol. The largest absolute Gasteiger partial charge is 0.326 e. The third-order valence-electron chi connectivity index (χ3n) is 5.16. The summed E-state index contributed by atoms with van der Waals surface area (Å²) in [6, 6.07) is 10.4. The molecule has 0 spiro atoms. The van der Waals surface area contributed by atoms with Crippen LogP contribution in [0.3, 0.4) is 0 Å². The van der Waals surface area contributed by atoms with Gasteiger partial charge in [-0.2, -0.15) is 5.26 Å². The molecular weight excluding hydrogens is 336 g/mol. The van der Waals surface area contributed by atoms with E-state index < -0.39 is 5.54 Å². The van der Waals surface area contributed by atoms with E-state index in [0.29, 0.717) is 6.54 Å². The number of amides is 1. The van der Waals surface area contributed by atoms with E-state index in [1.807, 2.05) is 18.2 Å². The topological polar surface area (TPSA) is 50.6 Å². The van der Waals surface area contributed by atoms with Gasteiger partial charge in [0.2, 0.25) is 5.91 Å². The fourth-order valence-corrected chi connectivity index (χ4v) is 3.30. The maximum Gasteiger partial charge on any atom is 0.237 e. The van der Waals surface area contributed by atoms with E-state index in [1.54, 1.807) is 20.9 Å². The maximum absolute atomic E-state index is 12.4. The molecular formula is C19H27ClN4O. The van der Waals surface area contributed by atoms with Crippen molar-refractivity contribution in [3.8, 4) is 6.07 Å². The molecule has 25 heavy (non-hydrogen) atoms. The number of nitriles is 1. The lowest BCUT2D eigenvalue weighted by Gasteiger charge is -2.39. The lowest BCUT2D eigenvalue weighted by atomic mass is 10.1. The number of benzene rings is 1. The molecule has 1 unspecified atom stereocenters. The Hall–Kier alpha value is -1.61. The molecule has 1 fully saturated rings. The van der Waals surface area contributed by atoms with Crippen LogP contribution in [-0.2, 0) is 4.79 Å². The molecule has 1 atom stereocenters. The molecule has 6 heteroatoms. The number of carbonyl (C=O) groups is 1. The van der Waals surface area contributed by atoms with Gasteiger partial charge in [-0.25, -0.2) is 0 Å². The van der Waals surface area contributed by atoms with Gasteiger partial charge in [-0.1, -0.05) is 29.8 Å². The predicted molar refractivity (Wildman–Crippen MR) is 100 cm³/mol. The minimum Gasteiger partial charge on any atom is -0.326 e. The van der Waals surface area contributed by atoms with Crippen molar-refractivity contribution in [1.82, 2.24) is 14.7 Å². The quantitative estimate of drug-likeness (QED) is 0.808. The third-order valence-corrected chi connectivity index (χ3v) is 5.50. The summed E-state index contributed by atoms with van der Waals surface area (Å²) in [5, 5.41) is 9.97. The SMILES string of the molecule is CC(c1ccccc1Cl)N1CCN(CC(=O)N(C)C(C)(C)C#N)CC1. The Morgan fingerprint density at radius 3 is 2.48 bits per heavy atom. The van der Waals surface area contributed by atoms with Crippen LogP contribution in [0.15, 0.2) is 24.3 Å². The normalized spacial score (nSPS) is 17.8. The summed E-state index contributed by atoms with van der Waals surface area (Å²) in [5.41, 5.74) is 0.362. The number of piperazine rings is 1. The average Bonchev–Trinajstić information content (AvgIpc) is 2.61. The number of halogens is 1. The summed E-state index contributed by atoms with van der Waals surface area (Å²) in [6.07, 6.45) is 0. The highest BCUT2D eigenvalue weighted by Crippen LogP contribution is 2.27. The summed E-state index contributed by atoms with van der Waals surface area (Å²) < 4.78 is 0. The van der Waals surface area contributed by atoms with E-state index in [0.717, 1.165) is 36.8 Å². The molecule has 0 saturated carbocycles. The van der Waals surface area contributed by atoms with Crippen LogP contribution in [0.5, 0.6) is 0 Å². The Morgan fingerprint density at radius 1 is 1.32 bits per heavy atom. The molecule has 1 aliphatic rings. The molecule has 0 N–H and O–H groups in total. The van der Waals surface area contributed by atoms with E-state index >= 15 is 0 Å². The van der Waals surface area contributed by atoms with Crippen molar-refractivity contribution in [3.63, 3.8) is 0 Å². The first kappa shape index (κ1) is 19.7. The molecule has 2 rings (SSSR count). The molecule has 1 aromatic rings. The fourth-order valence-electron chi connectivity index (χ4n) is 3.00. The summed E-state index contributed by atoms with van der Waals surface area (Å²) in [7, 11) is 1.70. The van der Waals surface area contributed by atoms with Gasteiger partial charge in [0.25, 0.3) is 0 Å². The van der Waals surface area contributed by atoms with E-state index in [4.69, 9.17) is 11.6 Å². The van der Waals surface area contributed by atoms with Crippen molar-refractivity contribution >= 4 is 17.5 Å². The molecule has 0 radical (unpaired) electrons. The Balaban J connectivity index is 1.89. The van der Waals surface area contributed by atoms with E-state index in [-0.39, 0.29) is 11.9 Å². The Labute approximate surface area is 155 Å². The van der Waals surface area contributed by atoms with Crippen LogP contribution in [0.1, 0.15) is 32.4 Å². The molecule has 1 amide bonds. The molecule has 0 aromatic heterocycles. The molecule has 1 aromatic carbocycles. The Bertz CT molecular complexity index is 647. The van der Waals surface area contributed by atoms with Crippen LogP contribution >= 0.6 is 11.6 Å². The van der Waals surface area contributed by atoms with Crippen LogP contribution in [0, 0.1) is 11.3 Å². The minimum atomic E-state index is -0.780. The van der Waals surface area contributed by atoms with Crippen molar-refractivity contribution in [2.24, 2.45) is 0 Å². The lowest BCUT2D eigenvalue weighted by Crippen LogP contribution is -2.52. The molecule has 1 heterocycles. The zero-order valence-electron chi connectivity index (χ0n) is 15.5. The van der Waals surface area contributed by atoms with Crippen LogP contribution in [0.2, 0.25) is 5.02 Å². The van der Waals surface area contributed by atoms with Crippen molar-refractivity contribution in [1.29, 1.82) is 5.26 Å². The van der Waals surface area contributed by atoms with E-state index in [1.165, 1.54) is 4.90 Å². The third kappa shape index (κ3) is 4.72. The van der Waals surface area contributed by atoms with Gasteiger partial charge >= 0.3 is 0 Å². The number of carbonyl (C=O) groups excluding carboxylic acids is 1. The number of rotatable bonds is 5. The molecule has 5 nitrogen and oxygen atoms in total. The fraction of sp³-hybridized carbons (Fsp3) is 0.579. The van der Waals surface area contributed by atoms with Gasteiger partial charge in [-0.05, 0) is 32.4 Å². The van der Waals surface area contributed by atoms with Gasteiger partial charge in [0.15, 0.2) is 0 Å². The number of hydrogen-bond acceptors (Lipinski definition) is 4. The van der Waals surface area contributed by atoms with E-state index in [2.05, 4.69) is 28.9 Å². The molecule has 136 valence electrons. The summed E-state index contributed by atoms with van der Waals surface area (Å²) in [4.78, 5) is 18.5. The zero-order valence-corrected chi connectivity index (χ0v) is 16.3. The Kier molecular flexibility index (Phi) is 6.45. The maximum atomic E-state index is 12.4. The first-order valence-corrected chi connectivity index (χ1v) is 9.03.